The van der Waals surface area contributed by atoms with Crippen LogP contribution in [0.15, 0.2) is 18.2 Å². The number of hydrogen-bond donors (Lipinski definition) is 2. The van der Waals surface area contributed by atoms with Crippen LogP contribution in [0.1, 0.15) is 16.8 Å². The molecule has 1 atom stereocenters. The van der Waals surface area contributed by atoms with Crippen molar-refractivity contribution in [2.24, 2.45) is 0 Å². The molecule has 1 aromatic rings. The van der Waals surface area contributed by atoms with Crippen molar-refractivity contribution < 1.29 is 23.0 Å². The number of carbonyl (C=O) groups excluding carboxylic acids is 1. The third-order valence-electron chi connectivity index (χ3n) is 3.04. The zero-order valence-corrected chi connectivity index (χ0v) is 12.2. The Labute approximate surface area is 127 Å². The van der Waals surface area contributed by atoms with Gasteiger partial charge in [-0.1, -0.05) is 0 Å². The molecule has 0 bridgehead atoms. The van der Waals surface area contributed by atoms with E-state index in [0.29, 0.717) is 6.54 Å². The monoisotopic (exact) mass is 322 g/mol. The van der Waals surface area contributed by atoms with Crippen LogP contribution < -0.4 is 20.1 Å². The Morgan fingerprint density at radius 2 is 2.19 bits per heavy atom. The first-order valence-corrected chi connectivity index (χ1v) is 6.24. The summed E-state index contributed by atoms with van der Waals surface area (Å²) in [6.07, 6.45) is 0.849. The summed E-state index contributed by atoms with van der Waals surface area (Å²) in [5.74, 6) is -0.315. The van der Waals surface area contributed by atoms with Crippen LogP contribution in [0.3, 0.4) is 0 Å². The van der Waals surface area contributed by atoms with Crippen LogP contribution in [0.5, 0.6) is 11.5 Å². The molecular formula is C13H17ClF2N2O3. The summed E-state index contributed by atoms with van der Waals surface area (Å²) in [5, 5.41) is 5.95. The molecule has 5 nitrogen and oxygen atoms in total. The molecule has 1 unspecified atom stereocenters. The molecule has 2 rings (SSSR count). The number of benzene rings is 1. The summed E-state index contributed by atoms with van der Waals surface area (Å²) in [5.41, 5.74) is 0.258. The van der Waals surface area contributed by atoms with E-state index in [1.807, 2.05) is 0 Å². The molecule has 0 aliphatic carbocycles. The highest BCUT2D eigenvalue weighted by Crippen LogP contribution is 2.29. The Bertz CT molecular complexity index is 482. The highest BCUT2D eigenvalue weighted by atomic mass is 35.5. The number of halogens is 3. The first kappa shape index (κ1) is 17.5. The van der Waals surface area contributed by atoms with Crippen molar-refractivity contribution in [3.8, 4) is 11.5 Å². The molecule has 1 aliphatic rings. The van der Waals surface area contributed by atoms with E-state index in [1.165, 1.54) is 25.3 Å². The first-order valence-electron chi connectivity index (χ1n) is 6.24. The minimum atomic E-state index is -2.97. The maximum absolute atomic E-state index is 12.3. The quantitative estimate of drug-likeness (QED) is 0.868. The van der Waals surface area contributed by atoms with Crippen LogP contribution in [0, 0.1) is 0 Å². The minimum absolute atomic E-state index is 0. The van der Waals surface area contributed by atoms with Crippen LogP contribution in [0.2, 0.25) is 0 Å². The molecule has 0 spiro atoms. The van der Waals surface area contributed by atoms with Crippen molar-refractivity contribution in [1.82, 2.24) is 10.6 Å². The van der Waals surface area contributed by atoms with Crippen LogP contribution in [0.4, 0.5) is 8.78 Å². The first-order chi connectivity index (χ1) is 9.60. The van der Waals surface area contributed by atoms with E-state index in [-0.39, 0.29) is 41.4 Å². The SMILES string of the molecule is COc1ccc(C(=O)NC2CCNC2)cc1OC(F)F.Cl. The van der Waals surface area contributed by atoms with Gasteiger partial charge in [-0.25, -0.2) is 0 Å². The predicted molar refractivity (Wildman–Crippen MR) is 75.6 cm³/mol. The number of amides is 1. The van der Waals surface area contributed by atoms with Gasteiger partial charge in [-0.2, -0.15) is 8.78 Å². The largest absolute Gasteiger partial charge is 0.493 e. The van der Waals surface area contributed by atoms with Gasteiger partial charge in [-0.15, -0.1) is 12.4 Å². The van der Waals surface area contributed by atoms with Crippen LogP contribution in [0.25, 0.3) is 0 Å². The van der Waals surface area contributed by atoms with Gasteiger partial charge in [0.1, 0.15) is 0 Å². The lowest BCUT2D eigenvalue weighted by Gasteiger charge is -2.14. The third-order valence-corrected chi connectivity index (χ3v) is 3.04. The fourth-order valence-corrected chi connectivity index (χ4v) is 2.05. The number of carbonyl (C=O) groups is 1. The lowest BCUT2D eigenvalue weighted by atomic mass is 10.1. The highest BCUT2D eigenvalue weighted by Gasteiger charge is 2.19. The van der Waals surface area contributed by atoms with E-state index in [1.54, 1.807) is 0 Å². The summed E-state index contributed by atoms with van der Waals surface area (Å²) in [6, 6.07) is 4.25. The molecule has 118 valence electrons. The standard InChI is InChI=1S/C13H16F2N2O3.ClH/c1-19-10-3-2-8(6-11(10)20-13(14)15)12(18)17-9-4-5-16-7-9;/h2-3,6,9,13,16H,4-5,7H2,1H3,(H,17,18);1H. The Morgan fingerprint density at radius 1 is 1.43 bits per heavy atom. The third kappa shape index (κ3) is 4.71. The van der Waals surface area contributed by atoms with Crippen molar-refractivity contribution in [1.29, 1.82) is 0 Å². The molecular weight excluding hydrogens is 306 g/mol. The Kier molecular flexibility index (Phi) is 6.64. The fourth-order valence-electron chi connectivity index (χ4n) is 2.05. The molecule has 1 fully saturated rings. The van der Waals surface area contributed by atoms with Crippen molar-refractivity contribution in [2.75, 3.05) is 20.2 Å². The molecule has 1 aromatic carbocycles. The molecule has 1 aliphatic heterocycles. The second-order valence-corrected chi connectivity index (χ2v) is 4.41. The van der Waals surface area contributed by atoms with Crippen LogP contribution >= 0.6 is 12.4 Å². The van der Waals surface area contributed by atoms with Gasteiger partial charge < -0.3 is 20.1 Å². The number of methoxy groups -OCH3 is 1. The molecule has 0 radical (unpaired) electrons. The van der Waals surface area contributed by atoms with Crippen LogP contribution in [-0.2, 0) is 0 Å². The van der Waals surface area contributed by atoms with E-state index >= 15 is 0 Å². The summed E-state index contributed by atoms with van der Waals surface area (Å²) in [7, 11) is 1.34. The summed E-state index contributed by atoms with van der Waals surface area (Å²) in [4.78, 5) is 12.0. The molecule has 1 amide bonds. The van der Waals surface area contributed by atoms with Gasteiger partial charge in [0.15, 0.2) is 11.5 Å². The van der Waals surface area contributed by atoms with Crippen molar-refractivity contribution in [3.05, 3.63) is 23.8 Å². The van der Waals surface area contributed by atoms with Gasteiger partial charge in [0, 0.05) is 18.2 Å². The molecule has 1 saturated heterocycles. The highest BCUT2D eigenvalue weighted by molar-refractivity contribution is 5.95. The summed E-state index contributed by atoms with van der Waals surface area (Å²) >= 11 is 0. The normalized spacial score (nSPS) is 17.2. The van der Waals surface area contributed by atoms with E-state index in [4.69, 9.17) is 4.74 Å². The zero-order valence-electron chi connectivity index (χ0n) is 11.4. The van der Waals surface area contributed by atoms with E-state index < -0.39 is 6.61 Å². The predicted octanol–water partition coefficient (Wildman–Crippen LogP) is 1.81. The molecule has 2 N–H and O–H groups in total. The topological polar surface area (TPSA) is 59.6 Å². The van der Waals surface area contributed by atoms with E-state index in [9.17, 15) is 13.6 Å². The van der Waals surface area contributed by atoms with Gasteiger partial charge in [0.2, 0.25) is 0 Å². The number of hydrogen-bond acceptors (Lipinski definition) is 4. The summed E-state index contributed by atoms with van der Waals surface area (Å²) < 4.78 is 33.9. The van der Waals surface area contributed by atoms with Gasteiger partial charge in [-0.3, -0.25) is 4.79 Å². The zero-order chi connectivity index (χ0) is 14.5. The maximum Gasteiger partial charge on any atom is 0.387 e. The maximum atomic E-state index is 12.3. The Hall–Kier alpha value is -1.60. The van der Waals surface area contributed by atoms with Gasteiger partial charge in [0.05, 0.1) is 7.11 Å². The Morgan fingerprint density at radius 3 is 2.76 bits per heavy atom. The average molecular weight is 323 g/mol. The van der Waals surface area contributed by atoms with Crippen molar-refractivity contribution >= 4 is 18.3 Å². The lowest BCUT2D eigenvalue weighted by Crippen LogP contribution is -2.36. The molecule has 1 heterocycles. The lowest BCUT2D eigenvalue weighted by molar-refractivity contribution is -0.0512. The average Bonchev–Trinajstić information content (AvgIpc) is 2.90. The van der Waals surface area contributed by atoms with Gasteiger partial charge in [-0.05, 0) is 31.2 Å². The van der Waals surface area contributed by atoms with E-state index in [0.717, 1.165) is 13.0 Å². The Balaban J connectivity index is 0.00000220. The number of alkyl halides is 2. The number of nitrogens with one attached hydrogen (secondary N) is 2. The van der Waals surface area contributed by atoms with Crippen LogP contribution in [-0.4, -0.2) is 38.8 Å². The molecule has 8 heteroatoms. The second-order valence-electron chi connectivity index (χ2n) is 4.41. The number of rotatable bonds is 5. The van der Waals surface area contributed by atoms with E-state index in [2.05, 4.69) is 15.4 Å². The summed E-state index contributed by atoms with van der Waals surface area (Å²) in [6.45, 7) is -1.41. The van der Waals surface area contributed by atoms with Gasteiger partial charge in [0.25, 0.3) is 5.91 Å². The fraction of sp³-hybridized carbons (Fsp3) is 0.462. The second kappa shape index (κ2) is 7.99. The molecule has 0 saturated carbocycles. The van der Waals surface area contributed by atoms with Crippen molar-refractivity contribution in [2.45, 2.75) is 19.1 Å². The van der Waals surface area contributed by atoms with Gasteiger partial charge >= 0.3 is 6.61 Å². The van der Waals surface area contributed by atoms with Crippen molar-refractivity contribution in [3.63, 3.8) is 0 Å². The smallest absolute Gasteiger partial charge is 0.387 e. The molecule has 21 heavy (non-hydrogen) atoms. The molecule has 0 aromatic heterocycles. The minimum Gasteiger partial charge on any atom is -0.493 e. The number of ether oxygens (including phenoxy) is 2.